The summed E-state index contributed by atoms with van der Waals surface area (Å²) in [6, 6.07) is 20.8. The van der Waals surface area contributed by atoms with Gasteiger partial charge in [-0.1, -0.05) is 52.1 Å². The van der Waals surface area contributed by atoms with Crippen molar-refractivity contribution in [3.8, 4) is 6.07 Å². The molecule has 0 amide bonds. The van der Waals surface area contributed by atoms with E-state index in [0.29, 0.717) is 42.9 Å². The number of nitrogens with zero attached hydrogens (tertiary/aromatic N) is 6. The van der Waals surface area contributed by atoms with E-state index >= 15 is 0 Å². The molecule has 230 valence electrons. The lowest BCUT2D eigenvalue weighted by Crippen LogP contribution is -2.46. The van der Waals surface area contributed by atoms with Crippen LogP contribution >= 0.6 is 34.8 Å². The van der Waals surface area contributed by atoms with Crippen molar-refractivity contribution in [3.63, 3.8) is 0 Å². The first-order valence-corrected chi connectivity index (χ1v) is 16.0. The first-order chi connectivity index (χ1) is 21.6. The lowest BCUT2D eigenvalue weighted by atomic mass is 9.98. The van der Waals surface area contributed by atoms with E-state index in [0.717, 1.165) is 42.9 Å². The fourth-order valence-corrected chi connectivity index (χ4v) is 6.29. The molecule has 0 radical (unpaired) electrons. The van der Waals surface area contributed by atoms with Crippen LogP contribution in [0.5, 0.6) is 0 Å². The van der Waals surface area contributed by atoms with Gasteiger partial charge >= 0.3 is 0 Å². The molecule has 1 saturated heterocycles. The minimum absolute atomic E-state index is 0.147. The Hall–Kier alpha value is -3.87. The summed E-state index contributed by atoms with van der Waals surface area (Å²) in [7, 11) is 0. The number of aromatic nitrogens is 4. The SMILES string of the molecule is CC(C)(C)N1CCC(n2cc([C@@H](Nc3cc(Cl)cc4c(Nc5ccc(Cl)cc5)c(C#N)cnc34)c3ccc(Cl)cc3)nn2)CC1. The number of nitrogens with one attached hydrogen (secondary N) is 2. The van der Waals surface area contributed by atoms with Crippen LogP contribution in [0.3, 0.4) is 0 Å². The van der Waals surface area contributed by atoms with E-state index in [9.17, 15) is 5.26 Å². The summed E-state index contributed by atoms with van der Waals surface area (Å²) in [5.41, 5.74) is 4.97. The van der Waals surface area contributed by atoms with Crippen molar-refractivity contribution in [1.82, 2.24) is 24.9 Å². The number of piperidine rings is 1. The third-order valence-corrected chi connectivity index (χ3v) is 9.01. The summed E-state index contributed by atoms with van der Waals surface area (Å²) in [4.78, 5) is 7.22. The molecule has 45 heavy (non-hydrogen) atoms. The summed E-state index contributed by atoms with van der Waals surface area (Å²) in [6.45, 7) is 8.81. The van der Waals surface area contributed by atoms with E-state index in [4.69, 9.17) is 39.8 Å². The summed E-state index contributed by atoms with van der Waals surface area (Å²) >= 11 is 19.1. The summed E-state index contributed by atoms with van der Waals surface area (Å²) in [5.74, 6) is 0. The molecule has 0 saturated carbocycles. The number of nitriles is 1. The predicted octanol–water partition coefficient (Wildman–Crippen LogP) is 9.04. The van der Waals surface area contributed by atoms with Gasteiger partial charge in [-0.2, -0.15) is 5.26 Å². The number of hydrogen-bond acceptors (Lipinski definition) is 7. The number of pyridine rings is 1. The van der Waals surface area contributed by atoms with Gasteiger partial charge in [0.1, 0.15) is 11.8 Å². The largest absolute Gasteiger partial charge is 0.371 e. The maximum Gasteiger partial charge on any atom is 0.109 e. The molecule has 3 heterocycles. The zero-order valence-corrected chi connectivity index (χ0v) is 27.5. The lowest BCUT2D eigenvalue weighted by Gasteiger charge is -2.40. The molecule has 1 aliphatic heterocycles. The van der Waals surface area contributed by atoms with Crippen LogP contribution in [0.4, 0.5) is 17.1 Å². The van der Waals surface area contributed by atoms with E-state index in [-0.39, 0.29) is 17.6 Å². The van der Waals surface area contributed by atoms with Crippen LogP contribution < -0.4 is 10.6 Å². The van der Waals surface area contributed by atoms with E-state index < -0.39 is 0 Å². The van der Waals surface area contributed by atoms with Gasteiger partial charge < -0.3 is 10.6 Å². The van der Waals surface area contributed by atoms with Gasteiger partial charge in [-0.15, -0.1) is 5.10 Å². The monoisotopic (exact) mass is 658 g/mol. The van der Waals surface area contributed by atoms with E-state index in [2.05, 4.69) is 52.7 Å². The minimum Gasteiger partial charge on any atom is -0.371 e. The van der Waals surface area contributed by atoms with Crippen molar-refractivity contribution in [2.75, 3.05) is 23.7 Å². The lowest BCUT2D eigenvalue weighted by molar-refractivity contribution is 0.0866. The normalized spacial score (nSPS) is 15.1. The van der Waals surface area contributed by atoms with Gasteiger partial charge in [0.2, 0.25) is 0 Å². The average molecular weight is 660 g/mol. The number of anilines is 3. The molecule has 0 unspecified atom stereocenters. The Bertz CT molecular complexity index is 1850. The fraction of sp³-hybridized carbons (Fsp3) is 0.294. The van der Waals surface area contributed by atoms with Crippen LogP contribution in [0.2, 0.25) is 15.1 Å². The van der Waals surface area contributed by atoms with E-state index in [1.54, 1.807) is 18.3 Å². The maximum atomic E-state index is 9.94. The number of hydrogen-bond donors (Lipinski definition) is 2. The van der Waals surface area contributed by atoms with Gasteiger partial charge in [0.25, 0.3) is 0 Å². The minimum atomic E-state index is -0.377. The van der Waals surface area contributed by atoms with Gasteiger partial charge in [-0.25, -0.2) is 4.68 Å². The van der Waals surface area contributed by atoms with Crippen molar-refractivity contribution < 1.29 is 0 Å². The highest BCUT2D eigenvalue weighted by atomic mass is 35.5. The van der Waals surface area contributed by atoms with Crippen LogP contribution in [0, 0.1) is 11.3 Å². The fourth-order valence-electron chi connectivity index (χ4n) is 5.82. The molecule has 3 aromatic carbocycles. The molecule has 1 atom stereocenters. The highest BCUT2D eigenvalue weighted by Crippen LogP contribution is 2.38. The van der Waals surface area contributed by atoms with Gasteiger partial charge in [0, 0.05) is 51.0 Å². The highest BCUT2D eigenvalue weighted by molar-refractivity contribution is 6.32. The molecule has 0 spiro atoms. The Morgan fingerprint density at radius 1 is 0.933 bits per heavy atom. The molecule has 8 nitrogen and oxygen atoms in total. The summed E-state index contributed by atoms with van der Waals surface area (Å²) < 4.78 is 2.00. The zero-order chi connectivity index (χ0) is 31.7. The van der Waals surface area contributed by atoms with Crippen molar-refractivity contribution >= 4 is 62.8 Å². The average Bonchev–Trinajstić information content (AvgIpc) is 3.51. The predicted molar refractivity (Wildman–Crippen MR) is 183 cm³/mol. The zero-order valence-electron chi connectivity index (χ0n) is 25.2. The molecule has 1 fully saturated rings. The van der Waals surface area contributed by atoms with Crippen molar-refractivity contribution in [2.24, 2.45) is 0 Å². The second-order valence-electron chi connectivity index (χ2n) is 12.3. The Balaban J connectivity index is 1.37. The molecular formula is C34H33Cl3N8. The molecule has 1 aliphatic rings. The Morgan fingerprint density at radius 2 is 1.60 bits per heavy atom. The van der Waals surface area contributed by atoms with Crippen LogP contribution in [0.25, 0.3) is 10.9 Å². The topological polar surface area (TPSA) is 94.7 Å². The molecule has 6 rings (SSSR count). The number of halogens is 3. The van der Waals surface area contributed by atoms with Gasteiger partial charge in [0.15, 0.2) is 0 Å². The summed E-state index contributed by atoms with van der Waals surface area (Å²) in [6.07, 6.45) is 5.61. The van der Waals surface area contributed by atoms with Crippen molar-refractivity contribution in [1.29, 1.82) is 5.26 Å². The first-order valence-electron chi connectivity index (χ1n) is 14.8. The van der Waals surface area contributed by atoms with E-state index in [1.807, 2.05) is 59.4 Å². The molecule has 2 N–H and O–H groups in total. The van der Waals surface area contributed by atoms with Crippen LogP contribution in [0.15, 0.2) is 73.1 Å². The Kier molecular flexibility index (Phi) is 8.89. The smallest absolute Gasteiger partial charge is 0.109 e. The van der Waals surface area contributed by atoms with Crippen LogP contribution in [-0.2, 0) is 0 Å². The number of rotatable bonds is 7. The molecule has 0 bridgehead atoms. The third-order valence-electron chi connectivity index (χ3n) is 8.28. The van der Waals surface area contributed by atoms with Crippen LogP contribution in [0.1, 0.15) is 62.5 Å². The van der Waals surface area contributed by atoms with Gasteiger partial charge in [-0.3, -0.25) is 9.88 Å². The molecule has 11 heteroatoms. The quantitative estimate of drug-likeness (QED) is 0.180. The third kappa shape index (κ3) is 6.87. The van der Waals surface area contributed by atoms with Crippen molar-refractivity contribution in [3.05, 3.63) is 105 Å². The molecule has 2 aromatic heterocycles. The molecule has 0 aliphatic carbocycles. The molecule has 5 aromatic rings. The Morgan fingerprint density at radius 3 is 2.24 bits per heavy atom. The molecular weight excluding hydrogens is 627 g/mol. The first kappa shape index (κ1) is 31.1. The number of likely N-dealkylation sites (tertiary alicyclic amines) is 1. The standard InChI is InChI=1S/C34H33Cl3N8/c1-34(2,3)44-14-12-27(13-15-44)45-20-30(42-43-45)32(21-4-6-23(35)7-5-21)41-29-17-25(37)16-28-31(22(18-38)19-39-33(28)29)40-26-10-8-24(36)9-11-26/h4-11,16-17,19-20,27,32,41H,12-15H2,1-3H3,(H,39,40)/t32-/m0/s1. The van der Waals surface area contributed by atoms with Crippen molar-refractivity contribution in [2.45, 2.75) is 51.2 Å². The van der Waals surface area contributed by atoms with Gasteiger partial charge in [-0.05, 0) is 87.7 Å². The maximum absolute atomic E-state index is 9.94. The second-order valence-corrected chi connectivity index (χ2v) is 13.6. The second kappa shape index (κ2) is 12.9. The number of fused-ring (bicyclic) bond motifs is 1. The Labute approximate surface area is 277 Å². The van der Waals surface area contributed by atoms with Crippen LogP contribution in [-0.4, -0.2) is 43.5 Å². The highest BCUT2D eigenvalue weighted by Gasteiger charge is 2.29. The number of benzene rings is 3. The van der Waals surface area contributed by atoms with Gasteiger partial charge in [0.05, 0.1) is 40.7 Å². The summed E-state index contributed by atoms with van der Waals surface area (Å²) in [5, 5.41) is 28.6. The van der Waals surface area contributed by atoms with E-state index in [1.165, 1.54) is 0 Å².